The highest BCUT2D eigenvalue weighted by molar-refractivity contribution is 6.31. The van der Waals surface area contributed by atoms with Gasteiger partial charge in [-0.2, -0.15) is 5.10 Å². The van der Waals surface area contributed by atoms with E-state index in [2.05, 4.69) is 10.4 Å². The van der Waals surface area contributed by atoms with Crippen LogP contribution in [-0.4, -0.2) is 15.7 Å². The second kappa shape index (κ2) is 6.30. The minimum absolute atomic E-state index is 0.153. The van der Waals surface area contributed by atoms with E-state index in [0.29, 0.717) is 22.9 Å². The van der Waals surface area contributed by atoms with Gasteiger partial charge in [0.1, 0.15) is 5.76 Å². The molecule has 0 unspecified atom stereocenters. The Morgan fingerprint density at radius 2 is 2.00 bits per heavy atom. The molecule has 118 valence electrons. The average molecular weight is 330 g/mol. The molecule has 0 bridgehead atoms. The molecule has 0 saturated carbocycles. The normalized spacial score (nSPS) is 10.7. The van der Waals surface area contributed by atoms with Crippen LogP contribution < -0.4 is 5.32 Å². The molecule has 0 fully saturated rings. The minimum atomic E-state index is -0.153. The summed E-state index contributed by atoms with van der Waals surface area (Å²) < 4.78 is 6.95. The second-order valence-corrected chi connectivity index (χ2v) is 5.58. The number of amides is 1. The zero-order valence-electron chi connectivity index (χ0n) is 12.8. The molecule has 3 rings (SSSR count). The number of aromatic nitrogens is 2. The van der Waals surface area contributed by atoms with Crippen molar-refractivity contribution in [3.05, 3.63) is 70.4 Å². The minimum Gasteiger partial charge on any atom is -0.467 e. The zero-order chi connectivity index (χ0) is 16.4. The van der Waals surface area contributed by atoms with Crippen molar-refractivity contribution in [3.63, 3.8) is 0 Å². The standard InChI is InChI=1S/C17H16ClN3O2/c1-11-16(18)12(2)21(20-11)14-7-5-13(6-8-14)17(22)19-10-15-4-3-9-23-15/h3-9H,10H2,1-2H3,(H,19,22). The van der Waals surface area contributed by atoms with E-state index in [-0.39, 0.29) is 5.91 Å². The molecule has 0 aliphatic heterocycles. The van der Waals surface area contributed by atoms with E-state index < -0.39 is 0 Å². The SMILES string of the molecule is Cc1nn(-c2ccc(C(=O)NCc3ccco3)cc2)c(C)c1Cl. The number of hydrogen-bond acceptors (Lipinski definition) is 3. The van der Waals surface area contributed by atoms with Gasteiger partial charge in [-0.05, 0) is 50.2 Å². The number of halogens is 1. The van der Waals surface area contributed by atoms with Gasteiger partial charge in [0, 0.05) is 5.56 Å². The maximum Gasteiger partial charge on any atom is 0.251 e. The van der Waals surface area contributed by atoms with E-state index in [1.54, 1.807) is 29.1 Å². The number of benzene rings is 1. The van der Waals surface area contributed by atoms with E-state index in [0.717, 1.165) is 17.1 Å². The second-order valence-electron chi connectivity index (χ2n) is 5.21. The Kier molecular flexibility index (Phi) is 4.21. The summed E-state index contributed by atoms with van der Waals surface area (Å²) in [6, 6.07) is 10.8. The highest BCUT2D eigenvalue weighted by Gasteiger charge is 2.11. The van der Waals surface area contributed by atoms with Crippen molar-refractivity contribution >= 4 is 17.5 Å². The zero-order valence-corrected chi connectivity index (χ0v) is 13.6. The van der Waals surface area contributed by atoms with Crippen LogP contribution in [0.1, 0.15) is 27.5 Å². The molecule has 2 heterocycles. The predicted octanol–water partition coefficient (Wildman–Crippen LogP) is 3.67. The van der Waals surface area contributed by atoms with Crippen molar-refractivity contribution in [1.82, 2.24) is 15.1 Å². The Bertz CT molecular complexity index is 820. The van der Waals surface area contributed by atoms with E-state index in [1.807, 2.05) is 32.0 Å². The van der Waals surface area contributed by atoms with E-state index >= 15 is 0 Å². The molecule has 1 aromatic carbocycles. The fourth-order valence-corrected chi connectivity index (χ4v) is 2.43. The molecule has 0 atom stereocenters. The molecule has 1 amide bonds. The largest absolute Gasteiger partial charge is 0.467 e. The Hall–Kier alpha value is -2.53. The van der Waals surface area contributed by atoms with Crippen molar-refractivity contribution < 1.29 is 9.21 Å². The Labute approximate surface area is 138 Å². The van der Waals surface area contributed by atoms with E-state index in [1.165, 1.54) is 0 Å². The summed E-state index contributed by atoms with van der Waals surface area (Å²) in [5, 5.41) is 7.86. The van der Waals surface area contributed by atoms with Crippen LogP contribution >= 0.6 is 11.6 Å². The third-order valence-electron chi connectivity index (χ3n) is 3.58. The quantitative estimate of drug-likeness (QED) is 0.794. The fraction of sp³-hybridized carbons (Fsp3) is 0.176. The molecular formula is C17H16ClN3O2. The molecule has 5 nitrogen and oxygen atoms in total. The number of hydrogen-bond donors (Lipinski definition) is 1. The van der Waals surface area contributed by atoms with Crippen LogP contribution in [0.5, 0.6) is 0 Å². The van der Waals surface area contributed by atoms with Gasteiger partial charge >= 0.3 is 0 Å². The maximum absolute atomic E-state index is 12.1. The lowest BCUT2D eigenvalue weighted by molar-refractivity contribution is 0.0948. The smallest absolute Gasteiger partial charge is 0.251 e. The fourth-order valence-electron chi connectivity index (χ4n) is 2.31. The van der Waals surface area contributed by atoms with Crippen LogP contribution in [0.4, 0.5) is 0 Å². The first-order chi connectivity index (χ1) is 11.1. The molecule has 0 saturated heterocycles. The molecule has 2 aromatic heterocycles. The first-order valence-corrected chi connectivity index (χ1v) is 7.57. The van der Waals surface area contributed by atoms with E-state index in [9.17, 15) is 4.79 Å². The maximum atomic E-state index is 12.1. The topological polar surface area (TPSA) is 60.1 Å². The lowest BCUT2D eigenvalue weighted by Crippen LogP contribution is -2.22. The Balaban J connectivity index is 1.73. The molecule has 0 aliphatic rings. The van der Waals surface area contributed by atoms with Gasteiger partial charge in [-0.15, -0.1) is 0 Å². The van der Waals surface area contributed by atoms with Crippen LogP contribution in [0.25, 0.3) is 5.69 Å². The summed E-state index contributed by atoms with van der Waals surface area (Å²) in [5.41, 5.74) is 3.09. The number of furan rings is 1. The summed E-state index contributed by atoms with van der Waals surface area (Å²) in [5.74, 6) is 0.562. The first kappa shape index (κ1) is 15.4. The van der Waals surface area contributed by atoms with Gasteiger partial charge in [-0.25, -0.2) is 4.68 Å². The number of nitrogens with one attached hydrogen (secondary N) is 1. The predicted molar refractivity (Wildman–Crippen MR) is 87.9 cm³/mol. The number of carbonyl (C=O) groups excluding carboxylic acids is 1. The van der Waals surface area contributed by atoms with Gasteiger partial charge < -0.3 is 9.73 Å². The summed E-state index contributed by atoms with van der Waals surface area (Å²) in [7, 11) is 0. The van der Waals surface area contributed by atoms with Gasteiger partial charge in [0.05, 0.1) is 34.9 Å². The summed E-state index contributed by atoms with van der Waals surface area (Å²) in [4.78, 5) is 12.1. The summed E-state index contributed by atoms with van der Waals surface area (Å²) in [6.07, 6.45) is 1.58. The van der Waals surface area contributed by atoms with Gasteiger partial charge in [-0.3, -0.25) is 4.79 Å². The molecule has 0 spiro atoms. The summed E-state index contributed by atoms with van der Waals surface area (Å²) >= 11 is 6.16. The first-order valence-electron chi connectivity index (χ1n) is 7.19. The third-order valence-corrected chi connectivity index (χ3v) is 4.13. The van der Waals surface area contributed by atoms with Crippen LogP contribution in [-0.2, 0) is 6.54 Å². The van der Waals surface area contributed by atoms with Crippen molar-refractivity contribution in [2.75, 3.05) is 0 Å². The molecule has 0 radical (unpaired) electrons. The molecule has 1 N–H and O–H groups in total. The van der Waals surface area contributed by atoms with Crippen LogP contribution in [0, 0.1) is 13.8 Å². The lowest BCUT2D eigenvalue weighted by atomic mass is 10.2. The van der Waals surface area contributed by atoms with Crippen LogP contribution in [0.15, 0.2) is 47.1 Å². The Morgan fingerprint density at radius 3 is 2.57 bits per heavy atom. The van der Waals surface area contributed by atoms with Crippen molar-refractivity contribution in [1.29, 1.82) is 0 Å². The molecule has 6 heteroatoms. The van der Waals surface area contributed by atoms with Crippen molar-refractivity contribution in [3.8, 4) is 5.69 Å². The highest BCUT2D eigenvalue weighted by Crippen LogP contribution is 2.22. The van der Waals surface area contributed by atoms with E-state index in [4.69, 9.17) is 16.0 Å². The highest BCUT2D eigenvalue weighted by atomic mass is 35.5. The number of rotatable bonds is 4. The Morgan fingerprint density at radius 1 is 1.26 bits per heavy atom. The lowest BCUT2D eigenvalue weighted by Gasteiger charge is -2.07. The van der Waals surface area contributed by atoms with Crippen molar-refractivity contribution in [2.24, 2.45) is 0 Å². The van der Waals surface area contributed by atoms with Crippen LogP contribution in [0.3, 0.4) is 0 Å². The van der Waals surface area contributed by atoms with Crippen molar-refractivity contribution in [2.45, 2.75) is 20.4 Å². The molecular weight excluding hydrogens is 314 g/mol. The molecule has 23 heavy (non-hydrogen) atoms. The average Bonchev–Trinajstić information content (AvgIpc) is 3.17. The molecule has 3 aromatic rings. The molecule has 0 aliphatic carbocycles. The van der Waals surface area contributed by atoms with Gasteiger partial charge in [0.2, 0.25) is 0 Å². The number of carbonyl (C=O) groups is 1. The number of nitrogens with zero attached hydrogens (tertiary/aromatic N) is 2. The summed E-state index contributed by atoms with van der Waals surface area (Å²) in [6.45, 7) is 4.13. The number of aryl methyl sites for hydroxylation is 1. The van der Waals surface area contributed by atoms with Gasteiger partial charge in [-0.1, -0.05) is 11.6 Å². The van der Waals surface area contributed by atoms with Gasteiger partial charge in [0.25, 0.3) is 5.91 Å². The third kappa shape index (κ3) is 3.14. The van der Waals surface area contributed by atoms with Gasteiger partial charge in [0.15, 0.2) is 0 Å². The van der Waals surface area contributed by atoms with Crippen LogP contribution in [0.2, 0.25) is 5.02 Å². The monoisotopic (exact) mass is 329 g/mol.